The molecule has 1 aliphatic rings. The monoisotopic (exact) mass is 575 g/mol. The molecule has 1 unspecified atom stereocenters. The van der Waals surface area contributed by atoms with Crippen LogP contribution in [-0.2, 0) is 21.7 Å². The van der Waals surface area contributed by atoms with Crippen molar-refractivity contribution in [1.82, 2.24) is 10.2 Å². The summed E-state index contributed by atoms with van der Waals surface area (Å²) in [5.74, 6) is 0.979. The largest absolute Gasteiger partial charge is 0.457 e. The Morgan fingerprint density at radius 2 is 1.71 bits per heavy atom. The molecule has 4 rings (SSSR count). The zero-order chi connectivity index (χ0) is 30.5. The first-order chi connectivity index (χ1) is 20.4. The van der Waals surface area contributed by atoms with Gasteiger partial charge in [-0.25, -0.2) is 4.79 Å². The van der Waals surface area contributed by atoms with Gasteiger partial charge in [0.25, 0.3) is 5.91 Å². The zero-order valence-electron chi connectivity index (χ0n) is 24.4. The van der Waals surface area contributed by atoms with Crippen LogP contribution in [0.3, 0.4) is 0 Å². The lowest BCUT2D eigenvalue weighted by Crippen LogP contribution is -2.48. The molecule has 1 fully saturated rings. The van der Waals surface area contributed by atoms with Gasteiger partial charge in [0, 0.05) is 43.2 Å². The van der Waals surface area contributed by atoms with Gasteiger partial charge in [0.2, 0.25) is 0 Å². The number of hydrogen-bond donors (Lipinski definition) is 3. The molecule has 1 heterocycles. The first-order valence-corrected chi connectivity index (χ1v) is 14.1. The van der Waals surface area contributed by atoms with Crippen LogP contribution in [0, 0.1) is 12.8 Å². The number of carbonyl (C=O) groups excluding carboxylic acids is 3. The number of para-hydroxylation sites is 2. The summed E-state index contributed by atoms with van der Waals surface area (Å²) in [6.07, 6.45) is 1.87. The Balaban J connectivity index is 0.00000237. The molecule has 224 valence electrons. The van der Waals surface area contributed by atoms with E-state index in [4.69, 9.17) is 20.0 Å². The van der Waals surface area contributed by atoms with Crippen LogP contribution in [0.15, 0.2) is 72.8 Å². The van der Waals surface area contributed by atoms with E-state index < -0.39 is 11.7 Å². The number of rotatable bonds is 10. The summed E-state index contributed by atoms with van der Waals surface area (Å²) in [6.45, 7) is 5.76. The van der Waals surface area contributed by atoms with Crippen LogP contribution >= 0.6 is 0 Å². The van der Waals surface area contributed by atoms with Crippen molar-refractivity contribution in [3.63, 3.8) is 0 Å². The number of carbonyl (C=O) groups is 3. The number of hydrogen-bond acceptors (Lipinski definition) is 7. The fraction of sp³-hybridized carbons (Fsp3) is 0.364. The van der Waals surface area contributed by atoms with Gasteiger partial charge in [0.05, 0.1) is 12.7 Å². The number of ether oxygens (including phenoxy) is 2. The molecule has 9 heteroatoms. The van der Waals surface area contributed by atoms with E-state index >= 15 is 0 Å². The summed E-state index contributed by atoms with van der Waals surface area (Å²) >= 11 is 0. The van der Waals surface area contributed by atoms with Crippen LogP contribution in [0.5, 0.6) is 11.5 Å². The predicted molar refractivity (Wildman–Crippen MR) is 161 cm³/mol. The highest BCUT2D eigenvalue weighted by Gasteiger charge is 2.43. The number of nitrogens with zero attached hydrogens (tertiary/aromatic N) is 1. The summed E-state index contributed by atoms with van der Waals surface area (Å²) in [6, 6.07) is 22.7. The fourth-order valence-corrected chi connectivity index (χ4v) is 5.40. The minimum absolute atomic E-state index is 0.0626. The van der Waals surface area contributed by atoms with Gasteiger partial charge < -0.3 is 35.3 Å². The van der Waals surface area contributed by atoms with Gasteiger partial charge in [-0.3, -0.25) is 4.79 Å². The smallest absolute Gasteiger partial charge is 0.406 e. The molecule has 0 aromatic heterocycles. The number of aliphatic hydroxyl groups is 1. The molecular formula is C33H41N3O6. The van der Waals surface area contributed by atoms with E-state index in [-0.39, 0.29) is 11.8 Å². The Labute approximate surface area is 247 Å². The van der Waals surface area contributed by atoms with Crippen LogP contribution in [0.4, 0.5) is 4.79 Å². The van der Waals surface area contributed by atoms with E-state index in [9.17, 15) is 14.7 Å². The molecule has 1 saturated heterocycles. The lowest BCUT2D eigenvalue weighted by molar-refractivity contribution is -0.0980. The predicted octanol–water partition coefficient (Wildman–Crippen LogP) is 4.94. The highest BCUT2D eigenvalue weighted by molar-refractivity contribution is 5.94. The van der Waals surface area contributed by atoms with Crippen molar-refractivity contribution in [2.24, 2.45) is 11.7 Å². The van der Waals surface area contributed by atoms with Crippen molar-refractivity contribution < 1.29 is 29.0 Å². The molecule has 0 saturated carbocycles. The average Bonchev–Trinajstić information content (AvgIpc) is 3.05. The molecule has 4 N–H and O–H groups in total. The second-order valence-electron chi connectivity index (χ2n) is 10.3. The van der Waals surface area contributed by atoms with E-state index in [0.29, 0.717) is 61.6 Å². The van der Waals surface area contributed by atoms with Gasteiger partial charge in [-0.1, -0.05) is 48.5 Å². The first kappa shape index (κ1) is 32.3. The van der Waals surface area contributed by atoms with Crippen LogP contribution < -0.4 is 15.8 Å². The maximum Gasteiger partial charge on any atom is 0.406 e. The molecule has 3 aromatic rings. The molecule has 3 aromatic carbocycles. The molecule has 9 nitrogen and oxygen atoms in total. The highest BCUT2D eigenvalue weighted by atomic mass is 16.5. The Bertz CT molecular complexity index is 1320. The molecule has 0 bridgehead atoms. The number of nitrogens with two attached hydrogens (primary N) is 1. The normalized spacial score (nSPS) is 15.9. The van der Waals surface area contributed by atoms with Crippen molar-refractivity contribution in [1.29, 1.82) is 0 Å². The number of alkyl carbamates (subject to hydrolysis) is 1. The SMILES string of the molecule is C=O.COC(=O)NCCCC(O)(c1ccccc1Oc1ccccc1C)[C@@H]1CCCN(C(=O)c2ccc(CN)cc2)C1. The number of aryl methyl sites for hydroxylation is 1. The van der Waals surface area contributed by atoms with Crippen LogP contribution in [0.1, 0.15) is 52.7 Å². The third-order valence-corrected chi connectivity index (χ3v) is 7.68. The number of benzene rings is 3. The molecule has 1 aliphatic heterocycles. The second-order valence-corrected chi connectivity index (χ2v) is 10.3. The van der Waals surface area contributed by atoms with Gasteiger partial charge in [0.1, 0.15) is 18.3 Å². The molecule has 0 aliphatic carbocycles. The summed E-state index contributed by atoms with van der Waals surface area (Å²) < 4.78 is 11.1. The quantitative estimate of drug-likeness (QED) is 0.292. The van der Waals surface area contributed by atoms with Crippen LogP contribution in [0.25, 0.3) is 0 Å². The minimum atomic E-state index is -1.31. The third kappa shape index (κ3) is 7.96. The minimum Gasteiger partial charge on any atom is -0.457 e. The van der Waals surface area contributed by atoms with Crippen LogP contribution in [0.2, 0.25) is 0 Å². The van der Waals surface area contributed by atoms with Gasteiger partial charge in [0.15, 0.2) is 0 Å². The van der Waals surface area contributed by atoms with Crippen molar-refractivity contribution >= 4 is 18.8 Å². The third-order valence-electron chi connectivity index (χ3n) is 7.68. The van der Waals surface area contributed by atoms with E-state index in [1.54, 1.807) is 0 Å². The Morgan fingerprint density at radius 3 is 2.38 bits per heavy atom. The summed E-state index contributed by atoms with van der Waals surface area (Å²) in [5, 5.41) is 15.2. The van der Waals surface area contributed by atoms with Gasteiger partial charge in [-0.15, -0.1) is 0 Å². The van der Waals surface area contributed by atoms with Crippen molar-refractivity contribution in [3.05, 3.63) is 95.1 Å². The Morgan fingerprint density at radius 1 is 1.05 bits per heavy atom. The first-order valence-electron chi connectivity index (χ1n) is 14.1. The summed E-state index contributed by atoms with van der Waals surface area (Å²) in [7, 11) is 1.32. The highest BCUT2D eigenvalue weighted by Crippen LogP contribution is 2.44. The lowest BCUT2D eigenvalue weighted by Gasteiger charge is -2.43. The van der Waals surface area contributed by atoms with Crippen molar-refractivity contribution in [2.45, 2.75) is 44.8 Å². The zero-order valence-corrected chi connectivity index (χ0v) is 24.4. The van der Waals surface area contributed by atoms with Crippen LogP contribution in [-0.4, -0.2) is 55.5 Å². The van der Waals surface area contributed by atoms with E-state index in [1.807, 2.05) is 91.4 Å². The molecular weight excluding hydrogens is 534 g/mol. The Hall–Kier alpha value is -4.21. The lowest BCUT2D eigenvalue weighted by atomic mass is 9.74. The van der Waals surface area contributed by atoms with Crippen molar-refractivity contribution in [2.75, 3.05) is 26.7 Å². The fourth-order valence-electron chi connectivity index (χ4n) is 5.40. The molecule has 0 radical (unpaired) electrons. The number of nitrogens with one attached hydrogen (secondary N) is 1. The number of methoxy groups -OCH3 is 1. The topological polar surface area (TPSA) is 131 Å². The maximum absolute atomic E-state index is 13.4. The van der Waals surface area contributed by atoms with Gasteiger partial charge in [-0.2, -0.15) is 0 Å². The van der Waals surface area contributed by atoms with E-state index in [0.717, 1.165) is 24.0 Å². The maximum atomic E-state index is 13.4. The van der Waals surface area contributed by atoms with E-state index in [2.05, 4.69) is 5.32 Å². The molecule has 2 amide bonds. The number of likely N-dealkylation sites (tertiary alicyclic amines) is 1. The van der Waals surface area contributed by atoms with Gasteiger partial charge in [-0.05, 0) is 68.0 Å². The second kappa shape index (κ2) is 15.7. The molecule has 0 spiro atoms. The van der Waals surface area contributed by atoms with E-state index in [1.165, 1.54) is 7.11 Å². The molecule has 42 heavy (non-hydrogen) atoms. The number of piperidine rings is 1. The Kier molecular flexibility index (Phi) is 12.1. The summed E-state index contributed by atoms with van der Waals surface area (Å²) in [5.41, 5.74) is 7.64. The average molecular weight is 576 g/mol. The molecule has 2 atom stereocenters. The van der Waals surface area contributed by atoms with Gasteiger partial charge >= 0.3 is 6.09 Å². The standard InChI is InChI=1S/C32H39N3O5.CH2O/c1-23-9-3-5-12-28(23)40-29-13-6-4-11-27(29)32(38,18-8-19-34-31(37)39-2)26-10-7-20-35(22-26)30(36)25-16-14-24(21-33)15-17-25;1-2/h3-6,9,11-17,26,38H,7-8,10,18-22,33H2,1-2H3,(H,34,37);1H2/t26-,32?;/m1./s1. The summed E-state index contributed by atoms with van der Waals surface area (Å²) in [4.78, 5) is 34.9. The number of amides is 2. The van der Waals surface area contributed by atoms with Crippen molar-refractivity contribution in [3.8, 4) is 11.5 Å².